The molecule has 0 aromatic carbocycles. The van der Waals surface area contributed by atoms with Gasteiger partial charge in [0, 0.05) is 12.6 Å². The predicted molar refractivity (Wildman–Crippen MR) is 35.5 cm³/mol. The number of hydrogen-bond acceptors (Lipinski definition) is 2. The van der Waals surface area contributed by atoms with Gasteiger partial charge in [0.1, 0.15) is 0 Å². The number of carbonyl (C=O) groups excluding carboxylic acids is 1. The van der Waals surface area contributed by atoms with E-state index in [-0.39, 0.29) is 12.0 Å². The van der Waals surface area contributed by atoms with Gasteiger partial charge in [0.25, 0.3) is 0 Å². The lowest BCUT2D eigenvalue weighted by Gasteiger charge is -1.98. The monoisotopic (exact) mass is 143 g/mol. The minimum absolute atomic E-state index is 0.0648. The molecule has 0 aliphatic heterocycles. The van der Waals surface area contributed by atoms with Gasteiger partial charge in [-0.3, -0.25) is 9.59 Å². The summed E-state index contributed by atoms with van der Waals surface area (Å²) < 4.78 is 0. The summed E-state index contributed by atoms with van der Waals surface area (Å²) in [6.07, 6.45) is -0.306. The summed E-state index contributed by atoms with van der Waals surface area (Å²) in [4.78, 5) is 20.6. The zero-order chi connectivity index (χ0) is 8.15. The molecule has 0 fully saturated rings. The Morgan fingerprint density at radius 3 is 2.40 bits per heavy atom. The van der Waals surface area contributed by atoms with E-state index in [0.29, 0.717) is 0 Å². The highest BCUT2D eigenvalue weighted by Gasteiger charge is 2.07. The van der Waals surface area contributed by atoms with Crippen LogP contribution in [0.1, 0.15) is 6.42 Å². The van der Waals surface area contributed by atoms with Gasteiger partial charge < -0.3 is 10.4 Å². The Morgan fingerprint density at radius 2 is 2.10 bits per heavy atom. The molecule has 0 saturated carbocycles. The van der Waals surface area contributed by atoms with Crippen molar-refractivity contribution in [3.05, 3.63) is 12.2 Å². The van der Waals surface area contributed by atoms with Crippen molar-refractivity contribution >= 4 is 11.9 Å². The second-order valence-corrected chi connectivity index (χ2v) is 1.75. The maximum atomic E-state index is 10.6. The molecule has 0 saturated heterocycles. The third-order valence-corrected chi connectivity index (χ3v) is 0.913. The number of carboxylic acids is 1. The van der Waals surface area contributed by atoms with Crippen LogP contribution < -0.4 is 5.32 Å². The minimum atomic E-state index is -1.05. The normalized spacial score (nSPS) is 8.50. The smallest absolute Gasteiger partial charge is 0.308 e. The Hall–Kier alpha value is -1.32. The van der Waals surface area contributed by atoms with Crippen LogP contribution in [0.5, 0.6) is 0 Å². The van der Waals surface area contributed by atoms with Crippen LogP contribution in [0.25, 0.3) is 0 Å². The van der Waals surface area contributed by atoms with E-state index in [9.17, 15) is 9.59 Å². The molecule has 0 heterocycles. The van der Waals surface area contributed by atoms with E-state index in [4.69, 9.17) is 5.11 Å². The van der Waals surface area contributed by atoms with Gasteiger partial charge in [-0.2, -0.15) is 0 Å². The van der Waals surface area contributed by atoms with Crippen LogP contribution in [-0.4, -0.2) is 24.0 Å². The van der Waals surface area contributed by atoms with Crippen LogP contribution >= 0.6 is 0 Å². The lowest BCUT2D eigenvalue weighted by atomic mass is 10.2. The van der Waals surface area contributed by atoms with Gasteiger partial charge in [0.2, 0.25) is 5.91 Å². The SMILES string of the molecule is C=C(CC(=O)O)C(=O)NC. The molecular weight excluding hydrogens is 134 g/mol. The highest BCUT2D eigenvalue weighted by Crippen LogP contribution is 1.95. The fraction of sp³-hybridized carbons (Fsp3) is 0.333. The van der Waals surface area contributed by atoms with Gasteiger partial charge in [-0.15, -0.1) is 0 Å². The summed E-state index contributed by atoms with van der Waals surface area (Å²) in [6.45, 7) is 3.27. The fourth-order valence-electron chi connectivity index (χ4n) is 0.440. The van der Waals surface area contributed by atoms with Crippen LogP contribution in [0.2, 0.25) is 0 Å². The quantitative estimate of drug-likeness (QED) is 0.536. The first-order chi connectivity index (χ1) is 4.57. The first-order valence-electron chi connectivity index (χ1n) is 2.69. The molecule has 4 nitrogen and oxygen atoms in total. The maximum absolute atomic E-state index is 10.6. The van der Waals surface area contributed by atoms with E-state index in [1.807, 2.05) is 0 Å². The van der Waals surface area contributed by atoms with Gasteiger partial charge >= 0.3 is 5.97 Å². The number of likely N-dealkylation sites (N-methyl/N-ethyl adjacent to an activating group) is 1. The maximum Gasteiger partial charge on any atom is 0.308 e. The van der Waals surface area contributed by atoms with Crippen LogP contribution in [0.4, 0.5) is 0 Å². The van der Waals surface area contributed by atoms with E-state index in [0.717, 1.165) is 0 Å². The van der Waals surface area contributed by atoms with E-state index in [2.05, 4.69) is 11.9 Å². The summed E-state index contributed by atoms with van der Waals surface area (Å²) in [7, 11) is 1.43. The molecule has 0 spiro atoms. The fourth-order valence-corrected chi connectivity index (χ4v) is 0.440. The Balaban J connectivity index is 3.86. The van der Waals surface area contributed by atoms with Gasteiger partial charge in [0.05, 0.1) is 6.42 Å². The largest absolute Gasteiger partial charge is 0.481 e. The van der Waals surface area contributed by atoms with Gasteiger partial charge in [0.15, 0.2) is 0 Å². The molecule has 0 aliphatic carbocycles. The number of carboxylic acid groups (broad SMARTS) is 1. The summed E-state index contributed by atoms with van der Waals surface area (Å²) in [5.41, 5.74) is 0.0648. The highest BCUT2D eigenvalue weighted by atomic mass is 16.4. The molecule has 0 aromatic heterocycles. The molecule has 0 bridgehead atoms. The summed E-state index contributed by atoms with van der Waals surface area (Å²) in [6, 6.07) is 0. The highest BCUT2D eigenvalue weighted by molar-refractivity contribution is 5.96. The summed E-state index contributed by atoms with van der Waals surface area (Å²) in [5.74, 6) is -1.48. The number of hydrogen-bond donors (Lipinski definition) is 2. The summed E-state index contributed by atoms with van der Waals surface area (Å²) >= 11 is 0. The van der Waals surface area contributed by atoms with E-state index < -0.39 is 11.9 Å². The van der Waals surface area contributed by atoms with Crippen LogP contribution in [-0.2, 0) is 9.59 Å². The van der Waals surface area contributed by atoms with Crippen LogP contribution in [0.15, 0.2) is 12.2 Å². The zero-order valence-corrected chi connectivity index (χ0v) is 5.68. The molecule has 2 N–H and O–H groups in total. The van der Waals surface area contributed by atoms with E-state index >= 15 is 0 Å². The number of carbonyl (C=O) groups is 2. The topological polar surface area (TPSA) is 66.4 Å². The zero-order valence-electron chi connectivity index (χ0n) is 5.68. The Morgan fingerprint density at radius 1 is 1.60 bits per heavy atom. The first kappa shape index (κ1) is 8.68. The first-order valence-corrected chi connectivity index (χ1v) is 2.69. The van der Waals surface area contributed by atoms with Gasteiger partial charge in [-0.1, -0.05) is 6.58 Å². The molecule has 4 heteroatoms. The third kappa shape index (κ3) is 2.86. The van der Waals surface area contributed by atoms with Crippen molar-refractivity contribution in [1.29, 1.82) is 0 Å². The molecule has 0 aliphatic rings. The van der Waals surface area contributed by atoms with E-state index in [1.54, 1.807) is 0 Å². The van der Waals surface area contributed by atoms with Crippen LogP contribution in [0, 0.1) is 0 Å². The average molecular weight is 143 g/mol. The van der Waals surface area contributed by atoms with Crippen molar-refractivity contribution in [2.75, 3.05) is 7.05 Å². The van der Waals surface area contributed by atoms with Crippen molar-refractivity contribution < 1.29 is 14.7 Å². The minimum Gasteiger partial charge on any atom is -0.481 e. The molecule has 56 valence electrons. The van der Waals surface area contributed by atoms with E-state index in [1.165, 1.54) is 7.05 Å². The number of nitrogens with one attached hydrogen (secondary N) is 1. The molecule has 0 aromatic rings. The molecule has 0 atom stereocenters. The van der Waals surface area contributed by atoms with Crippen molar-refractivity contribution in [2.24, 2.45) is 0 Å². The lowest BCUT2D eigenvalue weighted by molar-refractivity contribution is -0.137. The number of aliphatic carboxylic acids is 1. The Bertz CT molecular complexity index is 174. The van der Waals surface area contributed by atoms with Crippen LogP contribution in [0.3, 0.4) is 0 Å². The average Bonchev–Trinajstić information content (AvgIpc) is 1.85. The van der Waals surface area contributed by atoms with Crippen molar-refractivity contribution in [3.8, 4) is 0 Å². The van der Waals surface area contributed by atoms with Gasteiger partial charge in [-0.25, -0.2) is 0 Å². The standard InChI is InChI=1S/C6H9NO3/c1-4(3-5(8)9)6(10)7-2/h1,3H2,2H3,(H,7,10)(H,8,9). The third-order valence-electron chi connectivity index (χ3n) is 0.913. The second kappa shape index (κ2) is 3.66. The Labute approximate surface area is 58.5 Å². The molecule has 10 heavy (non-hydrogen) atoms. The summed E-state index contributed by atoms with van der Waals surface area (Å²) in [5, 5.41) is 10.5. The predicted octanol–water partition coefficient (Wildman–Crippen LogP) is -0.237. The van der Waals surface area contributed by atoms with Crippen molar-refractivity contribution in [2.45, 2.75) is 6.42 Å². The molecular formula is C6H9NO3. The lowest BCUT2D eigenvalue weighted by Crippen LogP contribution is -2.20. The molecule has 1 amide bonds. The molecule has 0 rings (SSSR count). The molecule has 0 radical (unpaired) electrons. The molecule has 0 unspecified atom stereocenters. The van der Waals surface area contributed by atoms with Gasteiger partial charge in [-0.05, 0) is 0 Å². The number of amides is 1. The Kier molecular flexibility index (Phi) is 3.17. The second-order valence-electron chi connectivity index (χ2n) is 1.75. The van der Waals surface area contributed by atoms with Crippen molar-refractivity contribution in [3.63, 3.8) is 0 Å². The van der Waals surface area contributed by atoms with Crippen molar-refractivity contribution in [1.82, 2.24) is 5.32 Å². The number of rotatable bonds is 3.